The zero-order valence-corrected chi connectivity index (χ0v) is 14.2. The van der Waals surface area contributed by atoms with Crippen molar-refractivity contribution in [2.45, 2.75) is 19.1 Å². The molecule has 1 N–H and O–H groups in total. The second kappa shape index (κ2) is 9.33. The molecule has 136 valence electrons. The standard InChI is InChI=1S/C19H19NO6/c1-25-18-10-6-5-9-15(18)17(22)11-16(19(23)24)20(13-21)26-12-14-7-3-2-4-8-14/h2-10,13,16H,11-12H2,1H3,(H,23,24)/t16-/m0/s1. The lowest BCUT2D eigenvalue weighted by Gasteiger charge is -2.23. The zero-order chi connectivity index (χ0) is 18.9. The first kappa shape index (κ1) is 19.1. The maximum atomic E-state index is 12.5. The number of aliphatic carboxylic acids is 1. The van der Waals surface area contributed by atoms with E-state index in [1.54, 1.807) is 42.5 Å². The summed E-state index contributed by atoms with van der Waals surface area (Å²) in [6, 6.07) is 14.0. The quantitative estimate of drug-likeness (QED) is 0.398. The molecule has 0 aliphatic heterocycles. The number of rotatable bonds is 10. The maximum Gasteiger partial charge on any atom is 0.329 e. The smallest absolute Gasteiger partial charge is 0.329 e. The van der Waals surface area contributed by atoms with Gasteiger partial charge < -0.3 is 9.84 Å². The molecule has 26 heavy (non-hydrogen) atoms. The molecule has 0 spiro atoms. The predicted octanol–water partition coefficient (Wildman–Crippen LogP) is 2.31. The van der Waals surface area contributed by atoms with Crippen LogP contribution in [0.3, 0.4) is 0 Å². The minimum absolute atomic E-state index is 0.00616. The first-order valence-corrected chi connectivity index (χ1v) is 7.86. The summed E-state index contributed by atoms with van der Waals surface area (Å²) in [5, 5.41) is 10.1. The van der Waals surface area contributed by atoms with Crippen LogP contribution in [-0.2, 0) is 21.0 Å². The van der Waals surface area contributed by atoms with Gasteiger partial charge in [-0.1, -0.05) is 42.5 Å². The number of carbonyl (C=O) groups is 3. The maximum absolute atomic E-state index is 12.5. The summed E-state index contributed by atoms with van der Waals surface area (Å²) < 4.78 is 5.12. The lowest BCUT2D eigenvalue weighted by atomic mass is 10.0. The highest BCUT2D eigenvalue weighted by Gasteiger charge is 2.30. The van der Waals surface area contributed by atoms with E-state index in [-0.39, 0.29) is 18.6 Å². The van der Waals surface area contributed by atoms with Crippen molar-refractivity contribution in [3.05, 3.63) is 65.7 Å². The Morgan fingerprint density at radius 3 is 2.38 bits per heavy atom. The van der Waals surface area contributed by atoms with E-state index in [1.165, 1.54) is 13.2 Å². The van der Waals surface area contributed by atoms with Crippen LogP contribution in [0.1, 0.15) is 22.3 Å². The lowest BCUT2D eigenvalue weighted by Crippen LogP contribution is -2.41. The number of Topliss-reactive ketones (excluding diaryl/α,β-unsaturated/α-hetero) is 1. The number of carboxylic acids is 1. The molecule has 1 atom stereocenters. The van der Waals surface area contributed by atoms with Gasteiger partial charge in [0.25, 0.3) is 0 Å². The summed E-state index contributed by atoms with van der Waals surface area (Å²) in [7, 11) is 1.42. The fourth-order valence-corrected chi connectivity index (χ4v) is 2.36. The van der Waals surface area contributed by atoms with Crippen LogP contribution in [-0.4, -0.2) is 41.5 Å². The van der Waals surface area contributed by atoms with Crippen molar-refractivity contribution >= 4 is 18.2 Å². The van der Waals surface area contributed by atoms with Crippen molar-refractivity contribution < 1.29 is 29.1 Å². The second-order valence-corrected chi connectivity index (χ2v) is 5.41. The molecule has 2 aromatic rings. The van der Waals surface area contributed by atoms with E-state index in [9.17, 15) is 19.5 Å². The highest BCUT2D eigenvalue weighted by molar-refractivity contribution is 6.01. The number of hydrogen-bond acceptors (Lipinski definition) is 5. The molecule has 0 saturated heterocycles. The van der Waals surface area contributed by atoms with Crippen LogP contribution in [0, 0.1) is 0 Å². The van der Waals surface area contributed by atoms with Gasteiger partial charge in [0.2, 0.25) is 6.41 Å². The van der Waals surface area contributed by atoms with Gasteiger partial charge >= 0.3 is 5.97 Å². The molecule has 7 nitrogen and oxygen atoms in total. The average Bonchev–Trinajstić information content (AvgIpc) is 2.67. The van der Waals surface area contributed by atoms with Crippen LogP contribution in [0.15, 0.2) is 54.6 Å². The van der Waals surface area contributed by atoms with Crippen LogP contribution in [0.5, 0.6) is 5.75 Å². The summed E-state index contributed by atoms with van der Waals surface area (Å²) in [6.07, 6.45) is -0.180. The number of ether oxygens (including phenoxy) is 1. The molecule has 0 unspecified atom stereocenters. The summed E-state index contributed by atoms with van der Waals surface area (Å²) in [6.45, 7) is 0.00616. The van der Waals surface area contributed by atoms with Gasteiger partial charge in [-0.2, -0.15) is 0 Å². The number of benzene rings is 2. The van der Waals surface area contributed by atoms with Gasteiger partial charge in [-0.15, -0.1) is 0 Å². The van der Waals surface area contributed by atoms with Crippen LogP contribution in [0.25, 0.3) is 0 Å². The summed E-state index contributed by atoms with van der Waals surface area (Å²) in [5.74, 6) is -1.47. The second-order valence-electron chi connectivity index (χ2n) is 5.41. The van der Waals surface area contributed by atoms with Crippen LogP contribution in [0.4, 0.5) is 0 Å². The van der Waals surface area contributed by atoms with Crippen molar-refractivity contribution in [2.75, 3.05) is 7.11 Å². The predicted molar refractivity (Wildman–Crippen MR) is 92.5 cm³/mol. The minimum Gasteiger partial charge on any atom is -0.496 e. The number of carbonyl (C=O) groups excluding carboxylic acids is 2. The first-order chi connectivity index (χ1) is 12.6. The molecule has 0 radical (unpaired) electrons. The van der Waals surface area contributed by atoms with Gasteiger partial charge in [-0.3, -0.25) is 14.4 Å². The van der Waals surface area contributed by atoms with E-state index in [2.05, 4.69) is 0 Å². The fourth-order valence-electron chi connectivity index (χ4n) is 2.36. The number of amides is 1. The molecule has 1 amide bonds. The molecule has 0 bridgehead atoms. The number of para-hydroxylation sites is 1. The largest absolute Gasteiger partial charge is 0.496 e. The molecule has 0 aromatic heterocycles. The summed E-state index contributed by atoms with van der Waals surface area (Å²) >= 11 is 0. The van der Waals surface area contributed by atoms with E-state index in [4.69, 9.17) is 9.57 Å². The van der Waals surface area contributed by atoms with E-state index in [1.807, 2.05) is 6.07 Å². The van der Waals surface area contributed by atoms with E-state index < -0.39 is 24.2 Å². The molecule has 0 saturated carbocycles. The molecule has 2 aromatic carbocycles. The van der Waals surface area contributed by atoms with Gasteiger partial charge in [0.05, 0.1) is 12.7 Å². The SMILES string of the molecule is COc1ccccc1C(=O)C[C@@H](C(=O)O)N(C=O)OCc1ccccc1. The van der Waals surface area contributed by atoms with Crippen molar-refractivity contribution in [1.29, 1.82) is 0 Å². The van der Waals surface area contributed by atoms with Crippen molar-refractivity contribution in [3.63, 3.8) is 0 Å². The Morgan fingerprint density at radius 2 is 1.77 bits per heavy atom. The van der Waals surface area contributed by atoms with Crippen molar-refractivity contribution in [3.8, 4) is 5.75 Å². The van der Waals surface area contributed by atoms with E-state index in [0.29, 0.717) is 10.8 Å². The first-order valence-electron chi connectivity index (χ1n) is 7.86. The van der Waals surface area contributed by atoms with Gasteiger partial charge in [0, 0.05) is 6.42 Å². The van der Waals surface area contributed by atoms with Crippen LogP contribution >= 0.6 is 0 Å². The number of carboxylic acid groups (broad SMARTS) is 1. The average molecular weight is 357 g/mol. The summed E-state index contributed by atoms with van der Waals surface area (Å²) in [4.78, 5) is 40.7. The molecule has 0 aliphatic rings. The Bertz CT molecular complexity index is 762. The Labute approximate surface area is 150 Å². The Balaban J connectivity index is 2.11. The monoisotopic (exact) mass is 357 g/mol. The fraction of sp³-hybridized carbons (Fsp3) is 0.211. The minimum atomic E-state index is -1.45. The van der Waals surface area contributed by atoms with E-state index >= 15 is 0 Å². The Hall–Kier alpha value is -3.19. The van der Waals surface area contributed by atoms with Crippen molar-refractivity contribution in [1.82, 2.24) is 5.06 Å². The molecule has 0 fully saturated rings. The molecule has 2 rings (SSSR count). The molecule has 7 heteroatoms. The third-order valence-corrected chi connectivity index (χ3v) is 3.71. The zero-order valence-electron chi connectivity index (χ0n) is 14.2. The Kier molecular flexibility index (Phi) is 6.87. The third kappa shape index (κ3) is 4.90. The topological polar surface area (TPSA) is 93.1 Å². The number of methoxy groups -OCH3 is 1. The number of ketones is 1. The number of nitrogens with zero attached hydrogens (tertiary/aromatic N) is 1. The van der Waals surface area contributed by atoms with Crippen molar-refractivity contribution in [2.24, 2.45) is 0 Å². The highest BCUT2D eigenvalue weighted by Crippen LogP contribution is 2.21. The lowest BCUT2D eigenvalue weighted by molar-refractivity contribution is -0.200. The molecule has 0 heterocycles. The number of hydrogen-bond donors (Lipinski definition) is 1. The third-order valence-electron chi connectivity index (χ3n) is 3.71. The normalized spacial score (nSPS) is 11.4. The van der Waals surface area contributed by atoms with E-state index in [0.717, 1.165) is 5.56 Å². The van der Waals surface area contributed by atoms with Gasteiger partial charge in [0.1, 0.15) is 12.4 Å². The number of hydroxylamine groups is 2. The van der Waals surface area contributed by atoms with Crippen LogP contribution in [0.2, 0.25) is 0 Å². The molecule has 0 aliphatic carbocycles. The van der Waals surface area contributed by atoms with Gasteiger partial charge in [-0.25, -0.2) is 9.86 Å². The van der Waals surface area contributed by atoms with Gasteiger partial charge in [-0.05, 0) is 17.7 Å². The summed E-state index contributed by atoms with van der Waals surface area (Å²) in [5.41, 5.74) is 1.01. The van der Waals surface area contributed by atoms with Gasteiger partial charge in [0.15, 0.2) is 11.8 Å². The highest BCUT2D eigenvalue weighted by atomic mass is 16.7. The molecular formula is C19H19NO6. The van der Waals surface area contributed by atoms with Crippen LogP contribution < -0.4 is 4.74 Å². The molecular weight excluding hydrogens is 338 g/mol. The Morgan fingerprint density at radius 1 is 1.12 bits per heavy atom.